The van der Waals surface area contributed by atoms with Gasteiger partial charge in [0, 0.05) is 32.2 Å². The molecule has 1 aromatic carbocycles. The predicted octanol–water partition coefficient (Wildman–Crippen LogP) is 2.08. The number of carbonyl (C=O) groups is 1. The van der Waals surface area contributed by atoms with Crippen molar-refractivity contribution in [2.45, 2.75) is 37.5 Å². The minimum absolute atomic E-state index is 0.0134. The molecule has 2 aliphatic rings. The van der Waals surface area contributed by atoms with Crippen LogP contribution in [0.15, 0.2) is 42.6 Å². The summed E-state index contributed by atoms with van der Waals surface area (Å²) in [7, 11) is -3.35. The number of hydrogen-bond donors (Lipinski definition) is 1. The number of nitrogens with zero attached hydrogens (tertiary/aromatic N) is 4. The number of piperazine rings is 1. The molecule has 30 heavy (non-hydrogen) atoms. The van der Waals surface area contributed by atoms with E-state index in [0.717, 1.165) is 24.2 Å². The van der Waals surface area contributed by atoms with E-state index in [1.807, 2.05) is 46.0 Å². The van der Waals surface area contributed by atoms with Gasteiger partial charge in [0.15, 0.2) is 0 Å². The lowest BCUT2D eigenvalue weighted by Crippen LogP contribution is -2.50. The van der Waals surface area contributed by atoms with Gasteiger partial charge >= 0.3 is 0 Å². The summed E-state index contributed by atoms with van der Waals surface area (Å²) in [6, 6.07) is 11.4. The molecule has 0 atom stereocenters. The van der Waals surface area contributed by atoms with Gasteiger partial charge in [-0.25, -0.2) is 13.1 Å². The maximum absolute atomic E-state index is 12.7. The first-order valence-corrected chi connectivity index (χ1v) is 12.2. The molecule has 0 bridgehead atoms. The van der Waals surface area contributed by atoms with E-state index >= 15 is 0 Å². The second-order valence-corrected chi connectivity index (χ2v) is 10.0. The number of aromatic nitrogens is 2. The van der Waals surface area contributed by atoms with Gasteiger partial charge in [-0.15, -0.1) is 0 Å². The zero-order chi connectivity index (χ0) is 21.0. The fraction of sp³-hybridized carbons (Fsp3) is 0.524. The molecule has 1 aliphatic carbocycles. The molecule has 2 fully saturated rings. The Morgan fingerprint density at radius 1 is 1.03 bits per heavy atom. The topological polar surface area (TPSA) is 87.5 Å². The normalized spacial score (nSPS) is 19.2. The van der Waals surface area contributed by atoms with Crippen molar-refractivity contribution in [3.8, 4) is 0 Å². The van der Waals surface area contributed by atoms with Crippen molar-refractivity contribution >= 4 is 21.7 Å². The second-order valence-electron chi connectivity index (χ2n) is 8.06. The fourth-order valence-electron chi connectivity index (χ4n) is 4.28. The van der Waals surface area contributed by atoms with Crippen LogP contribution in [0.5, 0.6) is 0 Å². The monoisotopic (exact) mass is 431 g/mol. The van der Waals surface area contributed by atoms with Crippen LogP contribution < -0.4 is 5.32 Å². The zero-order valence-corrected chi connectivity index (χ0v) is 17.9. The first-order chi connectivity index (χ1) is 14.5. The largest absolute Gasteiger partial charge is 0.310 e. The first kappa shape index (κ1) is 21.0. The number of amides is 1. The summed E-state index contributed by atoms with van der Waals surface area (Å²) in [6.45, 7) is 2.15. The average molecular weight is 432 g/mol. The highest BCUT2D eigenvalue weighted by Crippen LogP contribution is 2.31. The Kier molecular flexibility index (Phi) is 6.50. The standard InChI is InChI=1S/C21H29N5O3S/c27-21(23-20-10-11-22-26(20)19-8-4-5-9-19)16-24-12-14-25(15-13-24)30(28,29)17-18-6-2-1-3-7-18/h1-3,6-7,10-11,19H,4-5,8-9,12-17H2,(H,23,27). The maximum Gasteiger partial charge on any atom is 0.239 e. The number of benzene rings is 1. The number of anilines is 1. The van der Waals surface area contributed by atoms with Gasteiger partial charge in [-0.2, -0.15) is 9.40 Å². The van der Waals surface area contributed by atoms with E-state index < -0.39 is 10.0 Å². The molecule has 1 aliphatic heterocycles. The van der Waals surface area contributed by atoms with Gasteiger partial charge in [0.05, 0.1) is 24.5 Å². The summed E-state index contributed by atoms with van der Waals surface area (Å²) < 4.78 is 28.8. The lowest BCUT2D eigenvalue weighted by molar-refractivity contribution is -0.117. The van der Waals surface area contributed by atoms with Crippen molar-refractivity contribution in [2.75, 3.05) is 38.0 Å². The van der Waals surface area contributed by atoms with Crippen molar-refractivity contribution in [2.24, 2.45) is 0 Å². The molecule has 8 nitrogen and oxygen atoms in total. The summed E-state index contributed by atoms with van der Waals surface area (Å²) in [5.74, 6) is 0.672. The van der Waals surface area contributed by atoms with E-state index in [1.54, 1.807) is 6.20 Å². The molecule has 0 unspecified atom stereocenters. The van der Waals surface area contributed by atoms with Crippen molar-refractivity contribution < 1.29 is 13.2 Å². The molecule has 162 valence electrons. The summed E-state index contributed by atoms with van der Waals surface area (Å²) in [6.07, 6.45) is 6.34. The molecule has 1 saturated carbocycles. The predicted molar refractivity (Wildman–Crippen MR) is 115 cm³/mol. The number of carbonyl (C=O) groups excluding carboxylic acids is 1. The Labute approximate surface area is 177 Å². The highest BCUT2D eigenvalue weighted by atomic mass is 32.2. The van der Waals surface area contributed by atoms with Gasteiger partial charge in [-0.05, 0) is 18.4 Å². The molecule has 0 spiro atoms. The molecule has 1 amide bonds. The second kappa shape index (κ2) is 9.28. The molecular weight excluding hydrogens is 402 g/mol. The maximum atomic E-state index is 12.7. The smallest absolute Gasteiger partial charge is 0.239 e. The number of rotatable bonds is 7. The average Bonchev–Trinajstić information content (AvgIpc) is 3.40. The van der Waals surface area contributed by atoms with E-state index in [4.69, 9.17) is 0 Å². The van der Waals surface area contributed by atoms with Crippen LogP contribution >= 0.6 is 0 Å². The van der Waals surface area contributed by atoms with Crippen LogP contribution in [0.4, 0.5) is 5.82 Å². The minimum Gasteiger partial charge on any atom is -0.310 e. The van der Waals surface area contributed by atoms with Crippen LogP contribution in [-0.4, -0.2) is 66.0 Å². The Balaban J connectivity index is 1.27. The highest BCUT2D eigenvalue weighted by molar-refractivity contribution is 7.88. The molecular formula is C21H29N5O3S. The van der Waals surface area contributed by atoms with Gasteiger partial charge in [-0.3, -0.25) is 9.69 Å². The Morgan fingerprint density at radius 2 is 1.73 bits per heavy atom. The third-order valence-corrected chi connectivity index (χ3v) is 7.74. The Hall–Kier alpha value is -2.23. The SMILES string of the molecule is O=C(CN1CCN(S(=O)(=O)Cc2ccccc2)CC1)Nc1ccnn1C1CCCC1. The summed E-state index contributed by atoms with van der Waals surface area (Å²) in [5, 5.41) is 7.36. The van der Waals surface area contributed by atoms with Gasteiger partial charge in [0.1, 0.15) is 5.82 Å². The molecule has 9 heteroatoms. The molecule has 2 aromatic rings. The number of sulfonamides is 1. The zero-order valence-electron chi connectivity index (χ0n) is 17.1. The number of nitrogens with one attached hydrogen (secondary N) is 1. The third-order valence-electron chi connectivity index (χ3n) is 5.89. The molecule has 1 saturated heterocycles. The van der Waals surface area contributed by atoms with E-state index in [2.05, 4.69) is 10.4 Å². The molecule has 1 aromatic heterocycles. The lowest BCUT2D eigenvalue weighted by atomic mass is 10.2. The molecule has 1 N–H and O–H groups in total. The van der Waals surface area contributed by atoms with Crippen LogP contribution in [-0.2, 0) is 20.6 Å². The van der Waals surface area contributed by atoms with Gasteiger partial charge in [0.25, 0.3) is 0 Å². The summed E-state index contributed by atoms with van der Waals surface area (Å²) in [5.41, 5.74) is 0.790. The van der Waals surface area contributed by atoms with E-state index in [-0.39, 0.29) is 18.2 Å². The lowest BCUT2D eigenvalue weighted by Gasteiger charge is -2.33. The van der Waals surface area contributed by atoms with Crippen LogP contribution in [0, 0.1) is 0 Å². The van der Waals surface area contributed by atoms with Crippen molar-refractivity contribution in [1.29, 1.82) is 0 Å². The Morgan fingerprint density at radius 3 is 2.43 bits per heavy atom. The molecule has 0 radical (unpaired) electrons. The fourth-order valence-corrected chi connectivity index (χ4v) is 5.80. The third kappa shape index (κ3) is 5.08. The Bertz CT molecular complexity index is 946. The van der Waals surface area contributed by atoms with Gasteiger partial charge in [0.2, 0.25) is 15.9 Å². The van der Waals surface area contributed by atoms with Crippen LogP contribution in [0.2, 0.25) is 0 Å². The summed E-state index contributed by atoms with van der Waals surface area (Å²) >= 11 is 0. The molecule has 4 rings (SSSR count). The highest BCUT2D eigenvalue weighted by Gasteiger charge is 2.28. The van der Waals surface area contributed by atoms with E-state index in [9.17, 15) is 13.2 Å². The molecule has 2 heterocycles. The van der Waals surface area contributed by atoms with E-state index in [0.29, 0.717) is 32.2 Å². The van der Waals surface area contributed by atoms with Crippen molar-refractivity contribution in [3.05, 3.63) is 48.2 Å². The van der Waals surface area contributed by atoms with Crippen molar-refractivity contribution in [1.82, 2.24) is 19.0 Å². The summed E-state index contributed by atoms with van der Waals surface area (Å²) in [4.78, 5) is 14.5. The van der Waals surface area contributed by atoms with Crippen LogP contribution in [0.25, 0.3) is 0 Å². The first-order valence-electron chi connectivity index (χ1n) is 10.6. The number of hydrogen-bond acceptors (Lipinski definition) is 5. The van der Waals surface area contributed by atoms with Gasteiger partial charge in [-0.1, -0.05) is 43.2 Å². The van der Waals surface area contributed by atoms with Gasteiger partial charge < -0.3 is 5.32 Å². The van der Waals surface area contributed by atoms with Crippen LogP contribution in [0.3, 0.4) is 0 Å². The minimum atomic E-state index is -3.35. The van der Waals surface area contributed by atoms with E-state index in [1.165, 1.54) is 17.1 Å². The quantitative estimate of drug-likeness (QED) is 0.725. The van der Waals surface area contributed by atoms with Crippen molar-refractivity contribution in [3.63, 3.8) is 0 Å². The van der Waals surface area contributed by atoms with Crippen LogP contribution in [0.1, 0.15) is 37.3 Å².